The summed E-state index contributed by atoms with van der Waals surface area (Å²) in [6, 6.07) is 11.0. The summed E-state index contributed by atoms with van der Waals surface area (Å²) in [6.45, 7) is 11.5. The molecule has 2 heterocycles. The predicted octanol–water partition coefficient (Wildman–Crippen LogP) is 5.42. The van der Waals surface area contributed by atoms with Gasteiger partial charge in [0.05, 0.1) is 34.2 Å². The monoisotopic (exact) mass is 644 g/mol. The normalized spacial score (nSPS) is 16.3. The average molecular weight is 645 g/mol. The second-order valence-corrected chi connectivity index (χ2v) is 15.0. The quantitative estimate of drug-likeness (QED) is 0.334. The highest BCUT2D eigenvalue weighted by Gasteiger charge is 2.28. The van der Waals surface area contributed by atoms with Gasteiger partial charge in [0.1, 0.15) is 23.3 Å². The Bertz CT molecular complexity index is 1510. The van der Waals surface area contributed by atoms with Crippen LogP contribution in [0.25, 0.3) is 0 Å². The zero-order valence-electron chi connectivity index (χ0n) is 26.7. The number of sulfone groups is 1. The van der Waals surface area contributed by atoms with Crippen molar-refractivity contribution in [2.45, 2.75) is 69.6 Å². The number of aliphatic imine (C=N–C) groups is 1. The molecule has 0 aliphatic carbocycles. The van der Waals surface area contributed by atoms with Gasteiger partial charge in [-0.1, -0.05) is 23.7 Å². The van der Waals surface area contributed by atoms with E-state index in [2.05, 4.69) is 34.8 Å². The van der Waals surface area contributed by atoms with Crippen LogP contribution >= 0.6 is 11.6 Å². The Hall–Kier alpha value is -3.28. The molecule has 2 aliphatic rings. The molecule has 0 radical (unpaired) electrons. The third-order valence-corrected chi connectivity index (χ3v) is 10.2. The molecular formula is C32H45ClN6O4S. The van der Waals surface area contributed by atoms with Gasteiger partial charge in [0, 0.05) is 19.3 Å². The van der Waals surface area contributed by atoms with E-state index in [0.29, 0.717) is 34.8 Å². The van der Waals surface area contributed by atoms with Crippen LogP contribution in [-0.2, 0) is 14.6 Å². The van der Waals surface area contributed by atoms with Crippen LogP contribution < -0.4 is 15.5 Å². The number of aryl methyl sites for hydroxylation is 1. The zero-order chi connectivity index (χ0) is 32.2. The van der Waals surface area contributed by atoms with Crippen molar-refractivity contribution in [3.05, 3.63) is 58.4 Å². The number of likely N-dealkylation sites (tertiary alicyclic amines) is 1. The number of benzene rings is 2. The molecule has 0 aromatic heterocycles. The Morgan fingerprint density at radius 2 is 1.80 bits per heavy atom. The first-order valence-corrected chi connectivity index (χ1v) is 17.0. The molecule has 0 bridgehead atoms. The number of anilines is 2. The van der Waals surface area contributed by atoms with E-state index in [9.17, 15) is 13.2 Å². The Morgan fingerprint density at radius 1 is 1.11 bits per heavy atom. The highest BCUT2D eigenvalue weighted by molar-refractivity contribution is 7.92. The molecule has 2 aromatic rings. The van der Waals surface area contributed by atoms with Gasteiger partial charge in [-0.25, -0.2) is 13.4 Å². The first kappa shape index (κ1) is 33.6. The van der Waals surface area contributed by atoms with Gasteiger partial charge in [-0.3, -0.25) is 15.2 Å². The molecule has 0 spiro atoms. The van der Waals surface area contributed by atoms with Crippen LogP contribution in [0.15, 0.2) is 57.1 Å². The van der Waals surface area contributed by atoms with E-state index in [1.807, 2.05) is 37.7 Å². The maximum absolute atomic E-state index is 13.1. The number of nitrogens with zero attached hydrogens (tertiary/aromatic N) is 4. The van der Waals surface area contributed by atoms with Crippen molar-refractivity contribution in [2.75, 3.05) is 51.1 Å². The van der Waals surface area contributed by atoms with Crippen molar-refractivity contribution in [1.29, 1.82) is 0 Å². The maximum Gasteiger partial charge on any atom is 0.236 e. The largest absolute Gasteiger partial charge is 0.489 e. The fourth-order valence-electron chi connectivity index (χ4n) is 5.42. The van der Waals surface area contributed by atoms with E-state index in [4.69, 9.17) is 16.3 Å². The lowest BCUT2D eigenvalue weighted by molar-refractivity contribution is -0.132. The minimum absolute atomic E-state index is 0.0687. The number of para-hydroxylation sites is 1. The third kappa shape index (κ3) is 7.86. The van der Waals surface area contributed by atoms with Crippen molar-refractivity contribution in [3.8, 4) is 5.75 Å². The molecule has 1 fully saturated rings. The summed E-state index contributed by atoms with van der Waals surface area (Å²) in [6.07, 6.45) is 3.26. The van der Waals surface area contributed by atoms with Crippen LogP contribution in [-0.4, -0.2) is 87.1 Å². The summed E-state index contributed by atoms with van der Waals surface area (Å²) in [5, 5.41) is 4.75. The van der Waals surface area contributed by atoms with Crippen LogP contribution in [0.1, 0.15) is 57.6 Å². The summed E-state index contributed by atoms with van der Waals surface area (Å²) in [4.78, 5) is 21.0. The van der Waals surface area contributed by atoms with E-state index in [1.54, 1.807) is 49.3 Å². The number of rotatable bonds is 11. The molecule has 44 heavy (non-hydrogen) atoms. The summed E-state index contributed by atoms with van der Waals surface area (Å²) in [7, 11) is 0.272. The number of carbonyl (C=O) groups excluding carboxylic acids is 1. The third-order valence-electron chi connectivity index (χ3n) is 7.72. The number of hydrogen-bond donors (Lipinski definition) is 2. The zero-order valence-corrected chi connectivity index (χ0v) is 28.3. The molecule has 0 atom stereocenters. The highest BCUT2D eigenvalue weighted by atomic mass is 35.5. The summed E-state index contributed by atoms with van der Waals surface area (Å²) >= 11 is 6.64. The number of nitrogens with one attached hydrogen (secondary N) is 2. The molecular weight excluding hydrogens is 600 g/mol. The lowest BCUT2D eigenvalue weighted by Crippen LogP contribution is -2.42. The number of amides is 1. The second-order valence-electron chi connectivity index (χ2n) is 12.2. The van der Waals surface area contributed by atoms with Crippen LogP contribution in [0.3, 0.4) is 0 Å². The Balaban J connectivity index is 1.60. The summed E-state index contributed by atoms with van der Waals surface area (Å²) in [5.74, 6) is 1.64. The minimum atomic E-state index is -3.55. The molecule has 0 saturated carbocycles. The molecule has 2 N–H and O–H groups in total. The lowest BCUT2D eigenvalue weighted by Gasteiger charge is -2.34. The molecule has 12 heteroatoms. The Labute approximate surface area is 267 Å². The predicted molar refractivity (Wildman–Crippen MR) is 178 cm³/mol. The van der Waals surface area contributed by atoms with E-state index in [-0.39, 0.29) is 23.6 Å². The molecule has 2 aliphatic heterocycles. The first-order chi connectivity index (χ1) is 20.8. The molecule has 2 aromatic carbocycles. The van der Waals surface area contributed by atoms with Gasteiger partial charge < -0.3 is 19.9 Å². The van der Waals surface area contributed by atoms with Crippen molar-refractivity contribution in [1.82, 2.24) is 14.8 Å². The van der Waals surface area contributed by atoms with Crippen LogP contribution in [0.2, 0.25) is 0 Å². The van der Waals surface area contributed by atoms with E-state index in [0.717, 1.165) is 37.2 Å². The van der Waals surface area contributed by atoms with Gasteiger partial charge in [0.25, 0.3) is 0 Å². The minimum Gasteiger partial charge on any atom is -0.489 e. The van der Waals surface area contributed by atoms with Gasteiger partial charge in [0.2, 0.25) is 5.91 Å². The molecule has 4 rings (SSSR count). The molecule has 1 saturated heterocycles. The lowest BCUT2D eigenvalue weighted by atomic mass is 9.86. The van der Waals surface area contributed by atoms with Crippen molar-refractivity contribution >= 4 is 44.9 Å². The van der Waals surface area contributed by atoms with E-state index < -0.39 is 15.1 Å². The van der Waals surface area contributed by atoms with Crippen LogP contribution in [0.4, 0.5) is 11.4 Å². The molecule has 240 valence electrons. The number of hydrogen-bond acceptors (Lipinski definition) is 9. The number of likely N-dealkylation sites (N-methyl/N-ethyl adjacent to an activating group) is 1. The van der Waals surface area contributed by atoms with Gasteiger partial charge in [-0.05, 0) is 103 Å². The van der Waals surface area contributed by atoms with Gasteiger partial charge in [-0.2, -0.15) is 0 Å². The fourth-order valence-corrected chi connectivity index (χ4v) is 6.84. The number of hydrazine groups is 1. The van der Waals surface area contributed by atoms with E-state index >= 15 is 0 Å². The second kappa shape index (κ2) is 14.2. The van der Waals surface area contributed by atoms with Gasteiger partial charge >= 0.3 is 0 Å². The van der Waals surface area contributed by atoms with Gasteiger partial charge in [-0.15, -0.1) is 0 Å². The number of allylic oxidation sites excluding steroid dienone is 1. The number of ether oxygens (including phenoxy) is 1. The smallest absolute Gasteiger partial charge is 0.236 e. The Morgan fingerprint density at radius 3 is 2.43 bits per heavy atom. The number of carbonyl (C=O) groups is 1. The number of halogens is 1. The van der Waals surface area contributed by atoms with Crippen molar-refractivity contribution in [2.24, 2.45) is 4.99 Å². The molecule has 0 unspecified atom stereocenters. The van der Waals surface area contributed by atoms with Gasteiger partial charge in [0.15, 0.2) is 9.84 Å². The first-order valence-electron chi connectivity index (χ1n) is 15.0. The SMILES string of the molecule is Cc1cc(NN2CN=CC(Cl)=C2Nc2ccccc2S(=O)(=O)C(C)C)c(OC(C)C)cc1C1CCN(C(=O)CN(C)C)CC1. The molecule has 1 amide bonds. The average Bonchev–Trinajstić information content (AvgIpc) is 2.96. The summed E-state index contributed by atoms with van der Waals surface area (Å²) < 4.78 is 32.5. The van der Waals surface area contributed by atoms with Crippen LogP contribution in [0.5, 0.6) is 5.75 Å². The van der Waals surface area contributed by atoms with Crippen molar-refractivity contribution < 1.29 is 17.9 Å². The summed E-state index contributed by atoms with van der Waals surface area (Å²) in [5.41, 5.74) is 6.92. The Kier molecular flexibility index (Phi) is 10.9. The number of piperidine rings is 1. The molecule has 10 nitrogen and oxygen atoms in total. The van der Waals surface area contributed by atoms with Crippen molar-refractivity contribution in [3.63, 3.8) is 0 Å². The standard InChI is InChI=1S/C32H45ClN6O4S/c1-21(2)43-29-17-25(24-12-14-38(15-13-24)31(40)19-37(6)7)23(5)16-28(29)36-39-20-34-18-26(33)32(39)35-27-10-8-9-11-30(27)44(41,42)22(3)4/h8-11,16-18,21-22,24,35-36H,12-15,19-20H2,1-7H3. The highest BCUT2D eigenvalue weighted by Crippen LogP contribution is 2.38. The van der Waals surface area contributed by atoms with E-state index in [1.165, 1.54) is 5.56 Å². The van der Waals surface area contributed by atoms with Crippen LogP contribution in [0, 0.1) is 6.92 Å². The topological polar surface area (TPSA) is 107 Å². The fraction of sp³-hybridized carbons (Fsp3) is 0.500. The maximum atomic E-state index is 13.1.